The Hall–Kier alpha value is -3.33. The SMILES string of the molecule is C=CC(=O)N1CC[C@H]([C](=O)[In]([CH3])[C@H](C(=O)N[C@H]2Cc3cccc(c3)-c3ccc4c(c3)c(c(-c3c(I)ccnc3[C@H](CI)OC)n4CC)CC(C)(C)COC(=O)[C@@H]3CCCN(N3)C2=O)C(C)C)[C@H]1C. The van der Waals surface area contributed by atoms with Crippen LogP contribution in [0.1, 0.15) is 83.7 Å². The second kappa shape index (κ2) is 22.4. The van der Waals surface area contributed by atoms with Crippen LogP contribution in [0.25, 0.3) is 33.3 Å². The van der Waals surface area contributed by atoms with Gasteiger partial charge < -0.3 is 9.30 Å². The number of alkyl halides is 1. The molecule has 0 spiro atoms. The Morgan fingerprint density at radius 1 is 1.10 bits per heavy atom. The van der Waals surface area contributed by atoms with Crippen molar-refractivity contribution in [2.45, 2.75) is 113 Å². The number of aryl methyl sites for hydroxylation is 1. The van der Waals surface area contributed by atoms with Gasteiger partial charge in [0.05, 0.1) is 11.4 Å². The molecule has 5 heterocycles. The van der Waals surface area contributed by atoms with Crippen LogP contribution in [-0.4, -0.2) is 117 Å². The molecule has 68 heavy (non-hydrogen) atoms. The van der Waals surface area contributed by atoms with Crippen molar-refractivity contribution in [1.29, 1.82) is 0 Å². The Morgan fingerprint density at radius 2 is 1.85 bits per heavy atom. The molecule has 13 nitrogen and oxygen atoms in total. The van der Waals surface area contributed by atoms with Gasteiger partial charge in [0, 0.05) is 33.4 Å². The molecule has 0 saturated carbocycles. The fourth-order valence-corrected chi connectivity index (χ4v) is 21.3. The van der Waals surface area contributed by atoms with Gasteiger partial charge >= 0.3 is 296 Å². The van der Waals surface area contributed by atoms with Gasteiger partial charge in [0.15, 0.2) is 0 Å². The van der Waals surface area contributed by atoms with E-state index in [-0.39, 0.29) is 58.3 Å². The molecule has 362 valence electrons. The normalized spacial score (nSPS) is 21.8. The standard InChI is InChI=1S/C42H50I2N5O5.C9H12NO2.CH3.In/c1-7-48-34-14-13-28-21-29(34)30(39(48)37-31(44)15-16-45-38(37)35(23-43)53-6)22-42(4,5)24-54-41(52)32-12-9-17-49(47-32)40(51)33(46-36(50)18-25(2)3)20-26-10-8-11-27(28)19-26;1-3-9(12)10-5-4-8(6-11)7(10)2;;/h8,10-11,13-16,18-19,21,25,32-33,35,47H,7,9,12,17,20,22-24H2,1-6H3,(H,46,50);3,7-8H,1,4-5H2,2H3;1H3;/t32-,33-,35-;7-,8-;;/m01../s1. The first-order valence-electron chi connectivity index (χ1n) is 23.9. The molecule has 0 radical (unpaired) electrons. The average molecular weight is 1250 g/mol. The monoisotopic (exact) mass is 1250 g/mol. The molecular weight excluding hydrogens is 1190 g/mol. The van der Waals surface area contributed by atoms with Gasteiger partial charge in [-0.1, -0.05) is 36.4 Å². The zero-order chi connectivity index (χ0) is 49.2. The van der Waals surface area contributed by atoms with Crippen LogP contribution in [-0.2, 0) is 52.8 Å². The van der Waals surface area contributed by atoms with Crippen LogP contribution in [0.4, 0.5) is 0 Å². The maximum atomic E-state index is 14.8. The molecule has 0 aliphatic carbocycles. The Labute approximate surface area is 436 Å². The van der Waals surface area contributed by atoms with E-state index in [1.54, 1.807) is 12.0 Å². The van der Waals surface area contributed by atoms with Crippen molar-refractivity contribution in [1.82, 2.24) is 30.2 Å². The Bertz CT molecular complexity index is 2580. The molecule has 2 aromatic carbocycles. The number of benzene rings is 2. The van der Waals surface area contributed by atoms with Gasteiger partial charge in [-0.3, -0.25) is 4.98 Å². The van der Waals surface area contributed by atoms with Crippen LogP contribution in [0.15, 0.2) is 67.4 Å². The number of halogens is 2. The number of likely N-dealkylation sites (tertiary alicyclic amines) is 1. The van der Waals surface area contributed by atoms with Gasteiger partial charge in [-0.2, -0.15) is 0 Å². The van der Waals surface area contributed by atoms with Gasteiger partial charge in [0.25, 0.3) is 0 Å². The predicted octanol–water partition coefficient (Wildman–Crippen LogP) is 8.45. The number of carbonyl (C=O) groups is 5. The van der Waals surface area contributed by atoms with Crippen molar-refractivity contribution >= 4 is 105 Å². The van der Waals surface area contributed by atoms with Gasteiger partial charge in [0.2, 0.25) is 0 Å². The molecule has 2 fully saturated rings. The van der Waals surface area contributed by atoms with E-state index < -0.39 is 48.6 Å². The summed E-state index contributed by atoms with van der Waals surface area (Å²) in [5.74, 6) is -1.77. The maximum absolute atomic E-state index is 14.8. The summed E-state index contributed by atoms with van der Waals surface area (Å²) in [6.45, 7) is 17.5. The van der Waals surface area contributed by atoms with Gasteiger partial charge in [-0.05, 0) is 42.0 Å². The Kier molecular flexibility index (Phi) is 17.3. The van der Waals surface area contributed by atoms with Crippen LogP contribution in [0, 0.1) is 20.8 Å². The molecule has 0 unspecified atom stereocenters. The molecule has 2 saturated heterocycles. The molecule has 3 aliphatic heterocycles. The Balaban J connectivity index is 1.31. The summed E-state index contributed by atoms with van der Waals surface area (Å²) in [7, 11) is 1.73. The topological polar surface area (TPSA) is 152 Å². The summed E-state index contributed by atoms with van der Waals surface area (Å²) in [4.78, 5) is 77.0. The summed E-state index contributed by atoms with van der Waals surface area (Å²) in [5, 5.41) is 5.74. The number of cyclic esters (lactones) is 1. The third-order valence-electron chi connectivity index (χ3n) is 14.3. The number of aromatic nitrogens is 2. The number of nitrogens with zero attached hydrogens (tertiary/aromatic N) is 4. The summed E-state index contributed by atoms with van der Waals surface area (Å²) in [5.41, 5.74) is 10.7. The molecule has 6 bridgehead atoms. The van der Waals surface area contributed by atoms with Crippen LogP contribution in [0.3, 0.4) is 0 Å². The number of rotatable bonds is 12. The number of hydrogen-bond acceptors (Lipinski definition) is 9. The van der Waals surface area contributed by atoms with Crippen LogP contribution < -0.4 is 10.7 Å². The zero-order valence-corrected chi connectivity index (χ0v) is 48.2. The van der Waals surface area contributed by atoms with Gasteiger partial charge in [0.1, 0.15) is 6.10 Å². The number of esters is 1. The molecule has 4 aromatic rings. The average Bonchev–Trinajstić information content (AvgIpc) is 3.85. The number of methoxy groups -OCH3 is 1. The predicted molar refractivity (Wildman–Crippen MR) is 284 cm³/mol. The number of amides is 3. The quantitative estimate of drug-likeness (QED) is 0.0617. The number of ether oxygens (including phenoxy) is 2. The number of hydrazine groups is 1. The third-order valence-corrected chi connectivity index (χ3v) is 25.9. The summed E-state index contributed by atoms with van der Waals surface area (Å²) in [6, 6.07) is 14.7. The number of fused-ring (bicyclic) bond motifs is 6. The second-order valence-electron chi connectivity index (χ2n) is 19.8. The van der Waals surface area contributed by atoms with E-state index >= 15 is 0 Å². The van der Waals surface area contributed by atoms with E-state index in [1.807, 2.05) is 49.8 Å². The molecular formula is C52H65I2InN6O7. The number of nitrogens with one attached hydrogen (secondary N) is 2. The minimum absolute atomic E-state index is 0.135. The second-order valence-corrected chi connectivity index (χ2v) is 30.0. The zero-order valence-electron chi connectivity index (χ0n) is 40.6. The van der Waals surface area contributed by atoms with E-state index in [0.717, 1.165) is 58.1 Å². The van der Waals surface area contributed by atoms with Crippen LogP contribution in [0.5, 0.6) is 0 Å². The summed E-state index contributed by atoms with van der Waals surface area (Å²) in [6.07, 6.45) is 5.29. The van der Waals surface area contributed by atoms with Crippen LogP contribution >= 0.6 is 45.2 Å². The van der Waals surface area contributed by atoms with E-state index in [1.165, 1.54) is 11.1 Å². The van der Waals surface area contributed by atoms with E-state index in [2.05, 4.69) is 118 Å². The van der Waals surface area contributed by atoms with E-state index in [4.69, 9.17) is 14.5 Å². The number of carbonyl (C=O) groups excluding carboxylic acids is 5. The fourth-order valence-electron chi connectivity index (χ4n) is 10.7. The summed E-state index contributed by atoms with van der Waals surface area (Å²) >= 11 is 1.38. The van der Waals surface area contributed by atoms with Crippen molar-refractivity contribution in [2.24, 2.45) is 17.3 Å². The van der Waals surface area contributed by atoms with E-state index in [0.29, 0.717) is 45.3 Å². The van der Waals surface area contributed by atoms with Crippen molar-refractivity contribution in [3.63, 3.8) is 0 Å². The van der Waals surface area contributed by atoms with Gasteiger partial charge in [-0.15, -0.1) is 0 Å². The van der Waals surface area contributed by atoms with Crippen molar-refractivity contribution in [2.75, 3.05) is 31.2 Å². The van der Waals surface area contributed by atoms with Crippen LogP contribution in [0.2, 0.25) is 8.35 Å². The molecule has 2 aromatic heterocycles. The minimum atomic E-state index is -3.39. The first-order chi connectivity index (χ1) is 32.4. The molecule has 7 rings (SSSR count). The Morgan fingerprint density at radius 3 is 2.54 bits per heavy atom. The fraction of sp³-hybridized carbons (Fsp3) is 0.500. The number of pyridine rings is 1. The molecule has 3 aliphatic rings. The van der Waals surface area contributed by atoms with Crippen molar-refractivity contribution in [3.8, 4) is 22.4 Å². The first kappa shape index (κ1) is 52.5. The summed E-state index contributed by atoms with van der Waals surface area (Å²) < 4.78 is 17.9. The van der Waals surface area contributed by atoms with Gasteiger partial charge in [-0.25, -0.2) is 0 Å². The van der Waals surface area contributed by atoms with Crippen molar-refractivity contribution < 1.29 is 33.4 Å². The third kappa shape index (κ3) is 10.9. The first-order valence-corrected chi connectivity index (χ1v) is 33.4. The van der Waals surface area contributed by atoms with Crippen molar-refractivity contribution in [3.05, 3.63) is 87.8 Å². The number of hydrogen-bond donors (Lipinski definition) is 2. The molecule has 2 N–H and O–H groups in total. The van der Waals surface area contributed by atoms with E-state index in [9.17, 15) is 24.0 Å². The molecule has 6 atom stereocenters. The molecule has 16 heteroatoms. The molecule has 3 amide bonds.